The van der Waals surface area contributed by atoms with Crippen LogP contribution in [0.1, 0.15) is 8.22 Å². The summed E-state index contributed by atoms with van der Waals surface area (Å²) in [5, 5.41) is 0. The van der Waals surface area contributed by atoms with E-state index < -0.39 is 14.0 Å². The summed E-state index contributed by atoms with van der Waals surface area (Å²) in [6.45, 7) is -5.35. The molecule has 1 nitrogen and oxygen atoms in total. The van der Waals surface area contributed by atoms with Gasteiger partial charge in [-0.1, -0.05) is 18.2 Å². The minimum atomic E-state index is -2.67. The lowest BCUT2D eigenvalue weighted by atomic mass is 10.3. The van der Waals surface area contributed by atoms with E-state index in [2.05, 4.69) is 0 Å². The molecule has 0 radical (unpaired) electrons. The summed E-state index contributed by atoms with van der Waals surface area (Å²) in [6.07, 6.45) is 0. The number of rotatable bonds is 1. The third-order valence-corrected chi connectivity index (χ3v) is 1.01. The molecular weight excluding hydrogens is 110 g/mol. The Morgan fingerprint density at radius 2 is 1.89 bits per heavy atom. The Kier molecular flexibility index (Phi) is 0.566. The van der Waals surface area contributed by atoms with Crippen molar-refractivity contribution in [2.45, 2.75) is 0 Å². The highest BCUT2D eigenvalue weighted by atomic mass is 15.1. The molecule has 0 aliphatic rings. The third kappa shape index (κ3) is 1.46. The Balaban J connectivity index is 3.15. The molecule has 0 aromatic heterocycles. The van der Waals surface area contributed by atoms with E-state index in [9.17, 15) is 0 Å². The van der Waals surface area contributed by atoms with Crippen LogP contribution in [0.4, 0.5) is 5.69 Å². The molecule has 48 valence electrons. The van der Waals surface area contributed by atoms with Crippen LogP contribution in [0.5, 0.6) is 0 Å². The van der Waals surface area contributed by atoms with Crippen molar-refractivity contribution in [1.82, 2.24) is 0 Å². The molecule has 0 aliphatic heterocycles. The van der Waals surface area contributed by atoms with Crippen LogP contribution < -0.4 is 4.90 Å². The van der Waals surface area contributed by atoms with Crippen LogP contribution in [-0.4, -0.2) is 14.0 Å². The highest BCUT2D eigenvalue weighted by Crippen LogP contribution is 2.07. The molecule has 1 aromatic carbocycles. The first-order valence-corrected chi connectivity index (χ1v) is 2.58. The maximum atomic E-state index is 7.18. The van der Waals surface area contributed by atoms with Crippen LogP contribution in [0.3, 0.4) is 0 Å². The molecule has 0 aliphatic carbocycles. The normalized spacial score (nSPS) is 21.8. The summed E-state index contributed by atoms with van der Waals surface area (Å²) < 4.78 is 43.1. The van der Waals surface area contributed by atoms with E-state index in [1.54, 1.807) is 18.2 Å². The molecular formula is C8H11N. The second-order valence-corrected chi connectivity index (χ2v) is 1.67. The summed E-state index contributed by atoms with van der Waals surface area (Å²) in [5.41, 5.74) is 0.164. The molecule has 0 atom stereocenters. The van der Waals surface area contributed by atoms with E-state index in [4.69, 9.17) is 8.22 Å². The molecule has 0 saturated carbocycles. The molecule has 1 rings (SSSR count). The van der Waals surface area contributed by atoms with Gasteiger partial charge in [-0.3, -0.25) is 0 Å². The van der Waals surface area contributed by atoms with Crippen molar-refractivity contribution in [2.75, 3.05) is 18.9 Å². The Labute approximate surface area is 64.4 Å². The second-order valence-electron chi connectivity index (χ2n) is 1.67. The van der Waals surface area contributed by atoms with Crippen LogP contribution in [0.25, 0.3) is 0 Å². The van der Waals surface area contributed by atoms with E-state index in [0.717, 1.165) is 0 Å². The zero-order chi connectivity index (χ0) is 11.7. The monoisotopic (exact) mass is 127 g/mol. The quantitative estimate of drug-likeness (QED) is 0.555. The summed E-state index contributed by atoms with van der Waals surface area (Å²) in [6, 6.07) is 7.80. The number of hydrogen-bond acceptors (Lipinski definition) is 1. The number of nitrogens with zero attached hydrogens (tertiary/aromatic N) is 1. The highest BCUT2D eigenvalue weighted by Gasteiger charge is 1.87. The van der Waals surface area contributed by atoms with E-state index in [1.807, 2.05) is 0 Å². The first kappa shape index (κ1) is 2.01. The smallest absolute Gasteiger partial charge is 0.0456 e. The van der Waals surface area contributed by atoms with Crippen molar-refractivity contribution < 1.29 is 8.22 Å². The average molecular weight is 127 g/mol. The largest absolute Gasteiger partial charge is 0.378 e. The Morgan fingerprint density at radius 3 is 2.44 bits per heavy atom. The van der Waals surface area contributed by atoms with Gasteiger partial charge in [0.15, 0.2) is 0 Å². The predicted molar refractivity (Wildman–Crippen MR) is 40.8 cm³/mol. The lowest BCUT2D eigenvalue weighted by molar-refractivity contribution is 1.13. The zero-order valence-electron chi connectivity index (χ0n) is 10.8. The Bertz CT molecular complexity index is 300. The molecule has 9 heavy (non-hydrogen) atoms. The molecule has 0 bridgehead atoms. The van der Waals surface area contributed by atoms with Crippen molar-refractivity contribution in [3.05, 3.63) is 30.3 Å². The molecule has 0 heterocycles. The van der Waals surface area contributed by atoms with Gasteiger partial charge in [0.2, 0.25) is 0 Å². The van der Waals surface area contributed by atoms with Gasteiger partial charge in [0.05, 0.1) is 0 Å². The minimum absolute atomic E-state index is 0.164. The lowest BCUT2D eigenvalue weighted by Crippen LogP contribution is -2.07. The molecule has 1 aromatic rings. The molecule has 0 amide bonds. The molecule has 0 unspecified atom stereocenters. The molecule has 0 spiro atoms. The fourth-order valence-electron chi connectivity index (χ4n) is 0.577. The third-order valence-electron chi connectivity index (χ3n) is 1.01. The maximum Gasteiger partial charge on any atom is 0.0456 e. The molecule has 0 N–H and O–H groups in total. The van der Waals surface area contributed by atoms with Crippen molar-refractivity contribution >= 4 is 5.69 Å². The lowest BCUT2D eigenvalue weighted by Gasteiger charge is -2.10. The van der Waals surface area contributed by atoms with Gasteiger partial charge in [0.1, 0.15) is 0 Å². The van der Waals surface area contributed by atoms with Gasteiger partial charge in [-0.05, 0) is 12.1 Å². The molecule has 0 fully saturated rings. The van der Waals surface area contributed by atoms with Crippen molar-refractivity contribution in [1.29, 1.82) is 0 Å². The van der Waals surface area contributed by atoms with Gasteiger partial charge in [0, 0.05) is 27.9 Å². The van der Waals surface area contributed by atoms with Gasteiger partial charge in [-0.2, -0.15) is 0 Å². The fraction of sp³-hybridized carbons (Fsp3) is 0.250. The zero-order valence-corrected chi connectivity index (χ0v) is 4.83. The van der Waals surface area contributed by atoms with Crippen LogP contribution in [0.15, 0.2) is 30.3 Å². The summed E-state index contributed by atoms with van der Waals surface area (Å²) in [7, 11) is 0. The number of anilines is 1. The topological polar surface area (TPSA) is 3.24 Å². The Morgan fingerprint density at radius 1 is 1.22 bits per heavy atom. The standard InChI is InChI=1S/C8H11N/c1-9(2)8-6-4-3-5-7-8/h3-7H,1-2H3/i1D3,2D3. The summed E-state index contributed by atoms with van der Waals surface area (Å²) in [5.74, 6) is 0. The average Bonchev–Trinajstić information content (AvgIpc) is 2.00. The van der Waals surface area contributed by atoms with Gasteiger partial charge >= 0.3 is 0 Å². The maximum absolute atomic E-state index is 7.18. The number of para-hydroxylation sites is 1. The van der Waals surface area contributed by atoms with Gasteiger partial charge < -0.3 is 4.90 Å². The summed E-state index contributed by atoms with van der Waals surface area (Å²) in [4.78, 5) is 0.458. The van der Waals surface area contributed by atoms with Crippen LogP contribution in [0, 0.1) is 0 Å². The van der Waals surface area contributed by atoms with Crippen molar-refractivity contribution in [2.24, 2.45) is 0 Å². The van der Waals surface area contributed by atoms with Crippen LogP contribution >= 0.6 is 0 Å². The van der Waals surface area contributed by atoms with Crippen molar-refractivity contribution in [3.8, 4) is 0 Å². The number of benzene rings is 1. The van der Waals surface area contributed by atoms with E-state index in [-0.39, 0.29) is 5.69 Å². The second kappa shape index (κ2) is 2.53. The van der Waals surface area contributed by atoms with E-state index >= 15 is 0 Å². The van der Waals surface area contributed by atoms with Gasteiger partial charge in [0.25, 0.3) is 0 Å². The summed E-state index contributed by atoms with van der Waals surface area (Å²) >= 11 is 0. The number of hydrogen-bond donors (Lipinski definition) is 0. The molecule has 1 heteroatoms. The van der Waals surface area contributed by atoms with Crippen LogP contribution in [-0.2, 0) is 0 Å². The van der Waals surface area contributed by atoms with Gasteiger partial charge in [-0.15, -0.1) is 0 Å². The fourth-order valence-corrected chi connectivity index (χ4v) is 0.577. The highest BCUT2D eigenvalue weighted by molar-refractivity contribution is 5.43. The first-order valence-electron chi connectivity index (χ1n) is 5.58. The molecule has 0 saturated heterocycles. The predicted octanol–water partition coefficient (Wildman–Crippen LogP) is 1.75. The SMILES string of the molecule is [2H]C([2H])([2H])N(c1ccccc1)C([2H])([2H])[2H]. The Hall–Kier alpha value is -0.980. The van der Waals surface area contributed by atoms with E-state index in [0.29, 0.717) is 4.90 Å². The van der Waals surface area contributed by atoms with E-state index in [1.165, 1.54) is 12.1 Å². The van der Waals surface area contributed by atoms with Crippen LogP contribution in [0.2, 0.25) is 0 Å². The van der Waals surface area contributed by atoms with Crippen molar-refractivity contribution in [3.63, 3.8) is 0 Å². The minimum Gasteiger partial charge on any atom is -0.378 e. The first-order chi connectivity index (χ1) is 6.73. The van der Waals surface area contributed by atoms with Gasteiger partial charge in [-0.25, -0.2) is 0 Å².